The molecule has 0 aromatic heterocycles. The molecule has 1 heteroatoms. The van der Waals surface area contributed by atoms with Crippen LogP contribution in [0.3, 0.4) is 0 Å². The molecule has 1 rings (SSSR count). The zero-order valence-electron chi connectivity index (χ0n) is 10.1. The van der Waals surface area contributed by atoms with Crippen molar-refractivity contribution in [2.24, 2.45) is 5.92 Å². The Labute approximate surface area is 84.3 Å². The van der Waals surface area contributed by atoms with Gasteiger partial charge >= 0.3 is 0 Å². The number of hydrogen-bond donors (Lipinski definition) is 1. The highest BCUT2D eigenvalue weighted by molar-refractivity contribution is 4.88. The summed E-state index contributed by atoms with van der Waals surface area (Å²) in [4.78, 5) is 0. The van der Waals surface area contributed by atoms with Gasteiger partial charge in [-0.25, -0.2) is 0 Å². The van der Waals surface area contributed by atoms with Crippen LogP contribution in [0.1, 0.15) is 60.3 Å². The van der Waals surface area contributed by atoms with E-state index in [2.05, 4.69) is 26.1 Å². The van der Waals surface area contributed by atoms with Crippen molar-refractivity contribution in [2.45, 2.75) is 65.8 Å². The average Bonchev–Trinajstić information content (AvgIpc) is 2.07. The Hall–Kier alpha value is -0.0400. The first-order chi connectivity index (χ1) is 6.16. The van der Waals surface area contributed by atoms with Gasteiger partial charge in [-0.2, -0.15) is 0 Å². The quantitative estimate of drug-likeness (QED) is 0.693. The standard InChI is InChI=1S/C10H21N.C2H6/c1-4-6-10(3)8-9(2)5-7-11-10;1-2/h9,11H,4-8H2,1-3H3;1-2H3. The molecule has 0 bridgehead atoms. The minimum atomic E-state index is 0.451. The summed E-state index contributed by atoms with van der Waals surface area (Å²) < 4.78 is 0. The van der Waals surface area contributed by atoms with Gasteiger partial charge in [0.25, 0.3) is 0 Å². The van der Waals surface area contributed by atoms with Crippen molar-refractivity contribution in [2.75, 3.05) is 6.54 Å². The third-order valence-electron chi connectivity index (χ3n) is 2.79. The minimum Gasteiger partial charge on any atom is -0.311 e. The summed E-state index contributed by atoms with van der Waals surface area (Å²) in [7, 11) is 0. The maximum absolute atomic E-state index is 3.63. The predicted octanol–water partition coefficient (Wildman–Crippen LogP) is 3.59. The summed E-state index contributed by atoms with van der Waals surface area (Å²) in [6.45, 7) is 12.2. The van der Waals surface area contributed by atoms with Crippen molar-refractivity contribution >= 4 is 0 Å². The Morgan fingerprint density at radius 3 is 2.46 bits per heavy atom. The van der Waals surface area contributed by atoms with Crippen LogP contribution in [0.5, 0.6) is 0 Å². The first-order valence-electron chi connectivity index (χ1n) is 5.91. The predicted molar refractivity (Wildman–Crippen MR) is 61.1 cm³/mol. The van der Waals surface area contributed by atoms with Crippen molar-refractivity contribution in [1.82, 2.24) is 5.32 Å². The molecule has 0 aliphatic carbocycles. The van der Waals surface area contributed by atoms with Crippen LogP contribution in [0.25, 0.3) is 0 Å². The fraction of sp³-hybridized carbons (Fsp3) is 1.00. The van der Waals surface area contributed by atoms with Gasteiger partial charge in [-0.1, -0.05) is 34.1 Å². The Morgan fingerprint density at radius 1 is 1.38 bits per heavy atom. The van der Waals surface area contributed by atoms with Gasteiger partial charge in [0.2, 0.25) is 0 Å². The van der Waals surface area contributed by atoms with Crippen LogP contribution in [-0.4, -0.2) is 12.1 Å². The smallest absolute Gasteiger partial charge is 0.0155 e. The summed E-state index contributed by atoms with van der Waals surface area (Å²) in [6, 6.07) is 0. The lowest BCUT2D eigenvalue weighted by Gasteiger charge is -2.38. The molecule has 0 aromatic carbocycles. The van der Waals surface area contributed by atoms with Crippen LogP contribution in [0.15, 0.2) is 0 Å². The van der Waals surface area contributed by atoms with E-state index in [0.29, 0.717) is 5.54 Å². The third-order valence-corrected chi connectivity index (χ3v) is 2.79. The summed E-state index contributed by atoms with van der Waals surface area (Å²) >= 11 is 0. The molecule has 13 heavy (non-hydrogen) atoms. The van der Waals surface area contributed by atoms with E-state index in [1.807, 2.05) is 13.8 Å². The highest BCUT2D eigenvalue weighted by Gasteiger charge is 2.28. The molecule has 0 spiro atoms. The van der Waals surface area contributed by atoms with Crippen LogP contribution in [0.2, 0.25) is 0 Å². The number of piperidine rings is 1. The monoisotopic (exact) mass is 185 g/mol. The average molecular weight is 185 g/mol. The van der Waals surface area contributed by atoms with Crippen molar-refractivity contribution in [3.63, 3.8) is 0 Å². The Balaban J connectivity index is 0.000000671. The van der Waals surface area contributed by atoms with E-state index in [4.69, 9.17) is 0 Å². The highest BCUT2D eigenvalue weighted by Crippen LogP contribution is 2.27. The lowest BCUT2D eigenvalue weighted by atomic mass is 9.81. The molecule has 1 aliphatic rings. The van der Waals surface area contributed by atoms with Crippen molar-refractivity contribution in [3.8, 4) is 0 Å². The molecule has 1 N–H and O–H groups in total. The minimum absolute atomic E-state index is 0.451. The Kier molecular flexibility index (Phi) is 6.40. The van der Waals surface area contributed by atoms with E-state index in [1.165, 1.54) is 32.2 Å². The summed E-state index contributed by atoms with van der Waals surface area (Å²) in [5.74, 6) is 0.924. The fourth-order valence-electron chi connectivity index (χ4n) is 2.31. The van der Waals surface area contributed by atoms with Gasteiger partial charge in [0.1, 0.15) is 0 Å². The number of hydrogen-bond acceptors (Lipinski definition) is 1. The van der Waals surface area contributed by atoms with Gasteiger partial charge in [-0.15, -0.1) is 0 Å². The second-order valence-corrected chi connectivity index (χ2v) is 4.34. The molecule has 0 amide bonds. The molecule has 0 radical (unpaired) electrons. The molecule has 80 valence electrons. The van der Waals surface area contributed by atoms with E-state index in [0.717, 1.165) is 5.92 Å². The molecule has 2 atom stereocenters. The zero-order valence-corrected chi connectivity index (χ0v) is 10.1. The van der Waals surface area contributed by atoms with Crippen molar-refractivity contribution in [3.05, 3.63) is 0 Å². The number of nitrogens with one attached hydrogen (secondary N) is 1. The molecule has 1 aliphatic heterocycles. The van der Waals surface area contributed by atoms with E-state index >= 15 is 0 Å². The topological polar surface area (TPSA) is 12.0 Å². The van der Waals surface area contributed by atoms with Gasteiger partial charge in [-0.3, -0.25) is 0 Å². The number of rotatable bonds is 2. The van der Waals surface area contributed by atoms with Crippen LogP contribution >= 0.6 is 0 Å². The molecule has 1 nitrogen and oxygen atoms in total. The van der Waals surface area contributed by atoms with E-state index in [9.17, 15) is 0 Å². The zero-order chi connectivity index (χ0) is 10.3. The molecule has 1 heterocycles. The Bertz CT molecular complexity index is 118. The van der Waals surface area contributed by atoms with Gasteiger partial charge in [0.05, 0.1) is 0 Å². The molecular formula is C12H27N. The van der Waals surface area contributed by atoms with Gasteiger partial charge < -0.3 is 5.32 Å². The van der Waals surface area contributed by atoms with Gasteiger partial charge in [0, 0.05) is 5.54 Å². The molecule has 1 fully saturated rings. The van der Waals surface area contributed by atoms with Crippen molar-refractivity contribution in [1.29, 1.82) is 0 Å². The Morgan fingerprint density at radius 2 is 2.00 bits per heavy atom. The van der Waals surface area contributed by atoms with E-state index in [1.54, 1.807) is 0 Å². The fourth-order valence-corrected chi connectivity index (χ4v) is 2.31. The second kappa shape index (κ2) is 6.42. The maximum atomic E-state index is 3.63. The van der Waals surface area contributed by atoms with Crippen LogP contribution in [0, 0.1) is 5.92 Å². The summed E-state index contributed by atoms with van der Waals surface area (Å²) in [5, 5.41) is 3.63. The molecular weight excluding hydrogens is 158 g/mol. The van der Waals surface area contributed by atoms with E-state index < -0.39 is 0 Å². The van der Waals surface area contributed by atoms with Crippen LogP contribution in [0.4, 0.5) is 0 Å². The highest BCUT2D eigenvalue weighted by atomic mass is 15.0. The normalized spacial score (nSPS) is 33.5. The van der Waals surface area contributed by atoms with Crippen LogP contribution < -0.4 is 5.32 Å². The lowest BCUT2D eigenvalue weighted by Crippen LogP contribution is -2.48. The van der Waals surface area contributed by atoms with Crippen LogP contribution in [-0.2, 0) is 0 Å². The summed E-state index contributed by atoms with van der Waals surface area (Å²) in [5.41, 5.74) is 0.451. The third kappa shape index (κ3) is 4.66. The first kappa shape index (κ1) is 13.0. The first-order valence-corrected chi connectivity index (χ1v) is 5.91. The second-order valence-electron chi connectivity index (χ2n) is 4.34. The van der Waals surface area contributed by atoms with Gasteiger partial charge in [0.15, 0.2) is 0 Å². The molecule has 0 aromatic rings. The van der Waals surface area contributed by atoms with Crippen molar-refractivity contribution < 1.29 is 0 Å². The van der Waals surface area contributed by atoms with Gasteiger partial charge in [-0.05, 0) is 38.6 Å². The maximum Gasteiger partial charge on any atom is 0.0155 e. The lowest BCUT2D eigenvalue weighted by molar-refractivity contribution is 0.209. The molecule has 2 unspecified atom stereocenters. The molecule has 1 saturated heterocycles. The SMILES string of the molecule is CC.CCCC1(C)CC(C)CCN1. The van der Waals surface area contributed by atoms with E-state index in [-0.39, 0.29) is 0 Å². The largest absolute Gasteiger partial charge is 0.311 e. The molecule has 0 saturated carbocycles. The summed E-state index contributed by atoms with van der Waals surface area (Å²) in [6.07, 6.45) is 5.35.